The second-order valence-corrected chi connectivity index (χ2v) is 6.31. The van der Waals surface area contributed by atoms with Gasteiger partial charge in [-0.1, -0.05) is 63.6 Å². The van der Waals surface area contributed by atoms with Crippen molar-refractivity contribution in [2.45, 2.75) is 40.5 Å². The molecule has 2 heteroatoms. The number of aromatic nitrogens is 2. The fourth-order valence-electron chi connectivity index (χ4n) is 2.64. The van der Waals surface area contributed by atoms with Gasteiger partial charge in [0.15, 0.2) is 0 Å². The highest BCUT2D eigenvalue weighted by Gasteiger charge is 2.00. The van der Waals surface area contributed by atoms with E-state index in [9.17, 15) is 0 Å². The van der Waals surface area contributed by atoms with Crippen LogP contribution in [0.25, 0.3) is 21.8 Å². The number of nitrogens with zero attached hydrogens (tertiary/aromatic N) is 2. The molecule has 0 fully saturated rings. The average Bonchev–Trinajstić information content (AvgIpc) is 2.69. The maximum atomic E-state index is 4.32. The summed E-state index contributed by atoms with van der Waals surface area (Å²) in [6, 6.07) is 20.8. The van der Waals surface area contributed by atoms with E-state index >= 15 is 0 Å². The summed E-state index contributed by atoms with van der Waals surface area (Å²) in [6.07, 6.45) is 3.66. The number of hydrogen-bond donors (Lipinski definition) is 0. The van der Waals surface area contributed by atoms with Gasteiger partial charge in [-0.05, 0) is 48.7 Å². The summed E-state index contributed by atoms with van der Waals surface area (Å²) >= 11 is 0. The summed E-state index contributed by atoms with van der Waals surface area (Å²) in [5, 5.41) is 2.43. The van der Waals surface area contributed by atoms with Crippen molar-refractivity contribution in [1.82, 2.24) is 9.97 Å². The third-order valence-electron chi connectivity index (χ3n) is 4.06. The van der Waals surface area contributed by atoms with E-state index in [0.29, 0.717) is 5.92 Å². The van der Waals surface area contributed by atoms with Crippen molar-refractivity contribution in [3.8, 4) is 0 Å². The standard InChI is InChI=1S/C12H13N.C10H9N.C2H6/c1-9(2)11-6-5-10-4-3-7-13-12(10)8-11;1-8-4-5-10-9(7-8)3-2-6-11-10;1-2/h3-9H,1-2H3;2-7H,1H3;1-2H3. The summed E-state index contributed by atoms with van der Waals surface area (Å²) in [6.45, 7) is 10.5. The second kappa shape index (κ2) is 9.67. The van der Waals surface area contributed by atoms with Gasteiger partial charge in [0.1, 0.15) is 0 Å². The van der Waals surface area contributed by atoms with Crippen LogP contribution in [-0.2, 0) is 0 Å². The number of fused-ring (bicyclic) bond motifs is 2. The summed E-state index contributed by atoms with van der Waals surface area (Å²) < 4.78 is 0. The largest absolute Gasteiger partial charge is 0.256 e. The molecule has 2 heterocycles. The van der Waals surface area contributed by atoms with Gasteiger partial charge in [0.25, 0.3) is 0 Å². The SMILES string of the molecule is CC.CC(C)c1ccc2cccnc2c1.Cc1ccc2ncccc2c1. The maximum absolute atomic E-state index is 4.32. The molecule has 0 bridgehead atoms. The zero-order valence-electron chi connectivity index (χ0n) is 16.4. The van der Waals surface area contributed by atoms with E-state index in [2.05, 4.69) is 73.2 Å². The molecule has 0 saturated heterocycles. The molecule has 0 radical (unpaired) electrons. The molecule has 0 unspecified atom stereocenters. The molecule has 4 rings (SSSR count). The molecule has 2 aromatic heterocycles. The first kappa shape index (κ1) is 19.6. The maximum Gasteiger partial charge on any atom is 0.0704 e. The number of hydrogen-bond acceptors (Lipinski definition) is 2. The molecular weight excluding hydrogens is 316 g/mol. The van der Waals surface area contributed by atoms with Gasteiger partial charge >= 0.3 is 0 Å². The lowest BCUT2D eigenvalue weighted by atomic mass is 10.0. The van der Waals surface area contributed by atoms with Crippen LogP contribution < -0.4 is 0 Å². The lowest BCUT2D eigenvalue weighted by molar-refractivity contribution is 0.868. The smallest absolute Gasteiger partial charge is 0.0704 e. The van der Waals surface area contributed by atoms with Crippen molar-refractivity contribution in [3.05, 3.63) is 84.2 Å². The van der Waals surface area contributed by atoms with E-state index in [4.69, 9.17) is 0 Å². The first-order valence-electron chi connectivity index (χ1n) is 9.29. The van der Waals surface area contributed by atoms with Crippen molar-refractivity contribution >= 4 is 21.8 Å². The normalized spacial score (nSPS) is 10.1. The molecule has 0 spiro atoms. The predicted molar refractivity (Wildman–Crippen MR) is 114 cm³/mol. The molecule has 2 nitrogen and oxygen atoms in total. The lowest BCUT2D eigenvalue weighted by Gasteiger charge is -2.05. The lowest BCUT2D eigenvalue weighted by Crippen LogP contribution is -1.87. The Balaban J connectivity index is 0.000000173. The van der Waals surface area contributed by atoms with E-state index in [0.717, 1.165) is 11.0 Å². The molecule has 0 aliphatic heterocycles. The second-order valence-electron chi connectivity index (χ2n) is 6.31. The molecular formula is C24H28N2. The Kier molecular flexibility index (Phi) is 7.28. The minimum atomic E-state index is 0.575. The third kappa shape index (κ3) is 5.13. The molecule has 0 amide bonds. The first-order valence-corrected chi connectivity index (χ1v) is 9.29. The monoisotopic (exact) mass is 344 g/mol. The van der Waals surface area contributed by atoms with Crippen molar-refractivity contribution in [3.63, 3.8) is 0 Å². The molecule has 2 aromatic carbocycles. The van der Waals surface area contributed by atoms with Crippen LogP contribution in [0.15, 0.2) is 73.1 Å². The summed E-state index contributed by atoms with van der Waals surface area (Å²) in [5.74, 6) is 0.575. The Morgan fingerprint density at radius 3 is 2.04 bits per heavy atom. The van der Waals surface area contributed by atoms with Crippen LogP contribution in [0.5, 0.6) is 0 Å². The van der Waals surface area contributed by atoms with Gasteiger partial charge in [-0.25, -0.2) is 0 Å². The van der Waals surface area contributed by atoms with Crippen LogP contribution in [0, 0.1) is 6.92 Å². The van der Waals surface area contributed by atoms with Gasteiger partial charge < -0.3 is 0 Å². The fourth-order valence-corrected chi connectivity index (χ4v) is 2.64. The van der Waals surface area contributed by atoms with Crippen LogP contribution >= 0.6 is 0 Å². The highest BCUT2D eigenvalue weighted by atomic mass is 14.6. The Morgan fingerprint density at radius 2 is 1.35 bits per heavy atom. The van der Waals surface area contributed by atoms with Crippen molar-refractivity contribution in [2.75, 3.05) is 0 Å². The summed E-state index contributed by atoms with van der Waals surface area (Å²) in [5.41, 5.74) is 4.79. The molecule has 134 valence electrons. The van der Waals surface area contributed by atoms with Crippen LogP contribution in [0.1, 0.15) is 44.7 Å². The van der Waals surface area contributed by atoms with Gasteiger partial charge in [0.05, 0.1) is 11.0 Å². The van der Waals surface area contributed by atoms with Crippen molar-refractivity contribution in [1.29, 1.82) is 0 Å². The molecule has 0 N–H and O–H groups in total. The fraction of sp³-hybridized carbons (Fsp3) is 0.250. The minimum Gasteiger partial charge on any atom is -0.256 e. The minimum absolute atomic E-state index is 0.575. The van der Waals surface area contributed by atoms with E-state index in [1.165, 1.54) is 21.9 Å². The van der Waals surface area contributed by atoms with E-state index in [1.807, 2.05) is 44.4 Å². The highest BCUT2D eigenvalue weighted by molar-refractivity contribution is 5.79. The quantitative estimate of drug-likeness (QED) is 0.374. The van der Waals surface area contributed by atoms with E-state index in [1.54, 1.807) is 0 Å². The molecule has 0 atom stereocenters. The highest BCUT2D eigenvalue weighted by Crippen LogP contribution is 2.19. The van der Waals surface area contributed by atoms with Gasteiger partial charge in [0, 0.05) is 23.2 Å². The topological polar surface area (TPSA) is 25.8 Å². The van der Waals surface area contributed by atoms with Crippen LogP contribution in [0.3, 0.4) is 0 Å². The summed E-state index contributed by atoms with van der Waals surface area (Å²) in [4.78, 5) is 8.55. The molecule has 26 heavy (non-hydrogen) atoms. The number of benzene rings is 2. The van der Waals surface area contributed by atoms with Gasteiger partial charge in [-0.15, -0.1) is 0 Å². The Morgan fingerprint density at radius 1 is 0.692 bits per heavy atom. The van der Waals surface area contributed by atoms with Crippen molar-refractivity contribution in [2.24, 2.45) is 0 Å². The van der Waals surface area contributed by atoms with E-state index in [-0.39, 0.29) is 0 Å². The van der Waals surface area contributed by atoms with E-state index < -0.39 is 0 Å². The van der Waals surface area contributed by atoms with Gasteiger partial charge in [-0.2, -0.15) is 0 Å². The van der Waals surface area contributed by atoms with Crippen molar-refractivity contribution < 1.29 is 0 Å². The number of pyridine rings is 2. The molecule has 0 aliphatic rings. The summed E-state index contributed by atoms with van der Waals surface area (Å²) in [7, 11) is 0. The van der Waals surface area contributed by atoms with Crippen LogP contribution in [0.2, 0.25) is 0 Å². The predicted octanol–water partition coefficient (Wildman–Crippen LogP) is 6.93. The van der Waals surface area contributed by atoms with Gasteiger partial charge in [-0.3, -0.25) is 9.97 Å². The third-order valence-corrected chi connectivity index (χ3v) is 4.06. The zero-order valence-corrected chi connectivity index (χ0v) is 16.4. The Bertz CT molecular complexity index is 958. The Hall–Kier alpha value is -2.74. The number of aryl methyl sites for hydroxylation is 1. The molecule has 4 aromatic rings. The molecule has 0 saturated carbocycles. The van der Waals surface area contributed by atoms with Crippen LogP contribution in [0.4, 0.5) is 0 Å². The average molecular weight is 345 g/mol. The molecule has 0 aliphatic carbocycles. The van der Waals surface area contributed by atoms with Crippen LogP contribution in [-0.4, -0.2) is 9.97 Å². The first-order chi connectivity index (χ1) is 12.6. The van der Waals surface area contributed by atoms with Gasteiger partial charge in [0.2, 0.25) is 0 Å². The zero-order chi connectivity index (χ0) is 18.9. The number of rotatable bonds is 1. The Labute approximate surface area is 156 Å².